The van der Waals surface area contributed by atoms with E-state index in [2.05, 4.69) is 19.1 Å². The highest BCUT2D eigenvalue weighted by Crippen LogP contribution is 2.41. The molecular weight excluding hydrogens is 374 g/mol. The zero-order valence-electron chi connectivity index (χ0n) is 16.3. The second kappa shape index (κ2) is 7.95. The zero-order valence-corrected chi connectivity index (χ0v) is 17.1. The van der Waals surface area contributed by atoms with Crippen molar-refractivity contribution in [2.45, 2.75) is 45.1 Å². The van der Waals surface area contributed by atoms with Crippen LogP contribution in [0.15, 0.2) is 24.3 Å². The Labute approximate surface area is 169 Å². The van der Waals surface area contributed by atoms with Gasteiger partial charge in [-0.05, 0) is 80.0 Å². The van der Waals surface area contributed by atoms with Gasteiger partial charge in [-0.1, -0.05) is 0 Å². The number of thiophene rings is 1. The summed E-state index contributed by atoms with van der Waals surface area (Å²) in [4.78, 5) is 28.5. The number of aryl methyl sites for hydroxylation is 2. The lowest BCUT2D eigenvalue weighted by atomic mass is 9.91. The van der Waals surface area contributed by atoms with Gasteiger partial charge in [-0.3, -0.25) is 4.79 Å². The number of nitrogens with zero attached hydrogens (tertiary/aromatic N) is 1. The Hall–Kier alpha value is -2.34. The number of fused-ring (bicyclic) bond motifs is 3. The average molecular weight is 400 g/mol. The number of likely N-dealkylation sites (tertiary alicyclic amines) is 1. The number of methoxy groups -OCH3 is 1. The summed E-state index contributed by atoms with van der Waals surface area (Å²) in [5.74, 6) is 0.343. The van der Waals surface area contributed by atoms with Crippen molar-refractivity contribution in [3.05, 3.63) is 40.3 Å². The van der Waals surface area contributed by atoms with Crippen molar-refractivity contribution in [2.24, 2.45) is 0 Å². The maximum atomic E-state index is 12.5. The molecule has 6 heteroatoms. The summed E-state index contributed by atoms with van der Waals surface area (Å²) in [7, 11) is 1.67. The van der Waals surface area contributed by atoms with Gasteiger partial charge >= 0.3 is 5.97 Å². The summed E-state index contributed by atoms with van der Waals surface area (Å²) in [5.41, 5.74) is 3.57. The number of carbonyl (C=O) groups is 2. The van der Waals surface area contributed by atoms with E-state index in [0.717, 1.165) is 54.8 Å². The van der Waals surface area contributed by atoms with Crippen molar-refractivity contribution in [1.82, 2.24) is 4.90 Å². The molecule has 0 unspecified atom stereocenters. The minimum atomic E-state index is -0.410. The Bertz CT molecular complexity index is 904. The molecule has 1 atom stereocenters. The standard InChI is InChI=1S/C22H25NO4S/c1-14-5-3-4-10-23(14)20(24)13-27-22(25)19-12-16-7-6-15-11-17(26-2)8-9-18(15)21(16)28-19/h8-9,11-12,14H,3-7,10,13H2,1-2H3/t14-/m1/s1. The zero-order chi connectivity index (χ0) is 19.7. The van der Waals surface area contributed by atoms with Crippen LogP contribution in [0.1, 0.15) is 47.0 Å². The van der Waals surface area contributed by atoms with Gasteiger partial charge in [-0.2, -0.15) is 0 Å². The predicted octanol–water partition coefficient (Wildman–Crippen LogP) is 4.08. The van der Waals surface area contributed by atoms with Crippen LogP contribution in [0.4, 0.5) is 0 Å². The van der Waals surface area contributed by atoms with E-state index in [1.807, 2.05) is 17.0 Å². The van der Waals surface area contributed by atoms with E-state index in [1.165, 1.54) is 22.5 Å². The third-order valence-corrected chi connectivity index (χ3v) is 6.87. The largest absolute Gasteiger partial charge is 0.497 e. The van der Waals surface area contributed by atoms with Crippen LogP contribution in [0.25, 0.3) is 10.4 Å². The van der Waals surface area contributed by atoms with Crippen LogP contribution in [0.2, 0.25) is 0 Å². The highest BCUT2D eigenvalue weighted by molar-refractivity contribution is 7.17. The van der Waals surface area contributed by atoms with Gasteiger partial charge in [0.05, 0.1) is 7.11 Å². The molecule has 148 valence electrons. The topological polar surface area (TPSA) is 55.8 Å². The SMILES string of the molecule is COc1ccc2c(c1)CCc1cc(C(=O)OCC(=O)N3CCCC[C@H]3C)sc1-2. The van der Waals surface area contributed by atoms with Crippen LogP contribution < -0.4 is 4.74 Å². The van der Waals surface area contributed by atoms with Gasteiger partial charge in [0, 0.05) is 17.5 Å². The number of hydrogen-bond donors (Lipinski definition) is 0. The van der Waals surface area contributed by atoms with E-state index >= 15 is 0 Å². The Morgan fingerprint density at radius 2 is 2.00 bits per heavy atom. The van der Waals surface area contributed by atoms with Crippen molar-refractivity contribution in [3.63, 3.8) is 0 Å². The molecule has 0 saturated carbocycles. The van der Waals surface area contributed by atoms with Crippen LogP contribution in [0.3, 0.4) is 0 Å². The predicted molar refractivity (Wildman–Crippen MR) is 109 cm³/mol. The first-order valence-corrected chi connectivity index (χ1v) is 10.6. The molecule has 1 aromatic heterocycles. The lowest BCUT2D eigenvalue weighted by Crippen LogP contribution is -2.44. The molecule has 1 amide bonds. The first-order chi connectivity index (χ1) is 13.6. The van der Waals surface area contributed by atoms with Gasteiger partial charge in [0.2, 0.25) is 0 Å². The van der Waals surface area contributed by atoms with E-state index < -0.39 is 5.97 Å². The summed E-state index contributed by atoms with van der Waals surface area (Å²) in [5, 5.41) is 0. The van der Waals surface area contributed by atoms with Crippen molar-refractivity contribution in [2.75, 3.05) is 20.3 Å². The lowest BCUT2D eigenvalue weighted by molar-refractivity contribution is -0.137. The Morgan fingerprint density at radius 3 is 2.79 bits per heavy atom. The Morgan fingerprint density at radius 1 is 1.18 bits per heavy atom. The number of carbonyl (C=O) groups excluding carboxylic acids is 2. The van der Waals surface area contributed by atoms with Crippen molar-refractivity contribution < 1.29 is 19.1 Å². The number of rotatable bonds is 4. The average Bonchev–Trinajstić information content (AvgIpc) is 3.16. The molecule has 2 aliphatic rings. The maximum Gasteiger partial charge on any atom is 0.348 e. The fourth-order valence-corrected chi connectivity index (χ4v) is 5.25. The molecule has 1 aliphatic carbocycles. The molecule has 2 heterocycles. The number of piperidine rings is 1. The van der Waals surface area contributed by atoms with Crippen LogP contribution >= 0.6 is 11.3 Å². The van der Waals surface area contributed by atoms with Gasteiger partial charge < -0.3 is 14.4 Å². The molecule has 2 aromatic rings. The first kappa shape index (κ1) is 19.0. The molecule has 1 saturated heterocycles. The van der Waals surface area contributed by atoms with Gasteiger partial charge in [0.15, 0.2) is 6.61 Å². The number of benzene rings is 1. The summed E-state index contributed by atoms with van der Waals surface area (Å²) in [6.07, 6.45) is 5.01. The molecule has 0 spiro atoms. The van der Waals surface area contributed by atoms with E-state index in [4.69, 9.17) is 9.47 Å². The molecule has 28 heavy (non-hydrogen) atoms. The second-order valence-electron chi connectivity index (χ2n) is 7.50. The van der Waals surface area contributed by atoms with Crippen LogP contribution in [-0.2, 0) is 22.4 Å². The van der Waals surface area contributed by atoms with Gasteiger partial charge in [0.25, 0.3) is 5.91 Å². The molecular formula is C22H25NO4S. The van der Waals surface area contributed by atoms with Crippen molar-refractivity contribution in [1.29, 1.82) is 0 Å². The summed E-state index contributed by atoms with van der Waals surface area (Å²) in [6.45, 7) is 2.63. The molecule has 5 nitrogen and oxygen atoms in total. The third-order valence-electron chi connectivity index (χ3n) is 5.68. The Kier molecular flexibility index (Phi) is 5.40. The first-order valence-electron chi connectivity index (χ1n) is 9.83. The monoisotopic (exact) mass is 399 g/mol. The van der Waals surface area contributed by atoms with E-state index in [-0.39, 0.29) is 18.6 Å². The highest BCUT2D eigenvalue weighted by Gasteiger charge is 2.26. The van der Waals surface area contributed by atoms with Crippen LogP contribution in [0, 0.1) is 0 Å². The molecule has 0 radical (unpaired) electrons. The summed E-state index contributed by atoms with van der Waals surface area (Å²) >= 11 is 1.45. The van der Waals surface area contributed by atoms with Crippen LogP contribution in [0.5, 0.6) is 5.75 Å². The number of ether oxygens (including phenoxy) is 2. The second-order valence-corrected chi connectivity index (χ2v) is 8.55. The van der Waals surface area contributed by atoms with Gasteiger partial charge in [0.1, 0.15) is 10.6 Å². The quantitative estimate of drug-likeness (QED) is 0.727. The van der Waals surface area contributed by atoms with E-state index in [1.54, 1.807) is 7.11 Å². The lowest BCUT2D eigenvalue weighted by Gasteiger charge is -2.33. The third kappa shape index (κ3) is 3.65. The van der Waals surface area contributed by atoms with Crippen LogP contribution in [-0.4, -0.2) is 43.1 Å². The maximum absolute atomic E-state index is 12.5. The molecule has 4 rings (SSSR count). The smallest absolute Gasteiger partial charge is 0.348 e. The van der Waals surface area contributed by atoms with Crippen molar-refractivity contribution in [3.8, 4) is 16.2 Å². The van der Waals surface area contributed by atoms with Gasteiger partial charge in [-0.15, -0.1) is 11.3 Å². The fraction of sp³-hybridized carbons (Fsp3) is 0.455. The van der Waals surface area contributed by atoms with E-state index in [0.29, 0.717) is 4.88 Å². The number of amides is 1. The minimum Gasteiger partial charge on any atom is -0.497 e. The summed E-state index contributed by atoms with van der Waals surface area (Å²) in [6, 6.07) is 8.21. The number of esters is 1. The van der Waals surface area contributed by atoms with Gasteiger partial charge in [-0.25, -0.2) is 4.79 Å². The molecule has 1 fully saturated rings. The van der Waals surface area contributed by atoms with Crippen molar-refractivity contribution >= 4 is 23.2 Å². The Balaban J connectivity index is 1.45. The van der Waals surface area contributed by atoms with E-state index in [9.17, 15) is 9.59 Å². The normalized spacial score (nSPS) is 18.2. The minimum absolute atomic E-state index is 0.0979. The molecule has 1 aromatic carbocycles. The number of hydrogen-bond acceptors (Lipinski definition) is 5. The molecule has 1 aliphatic heterocycles. The fourth-order valence-electron chi connectivity index (χ4n) is 4.09. The molecule has 0 N–H and O–H groups in total. The highest BCUT2D eigenvalue weighted by atomic mass is 32.1. The molecule has 0 bridgehead atoms. The summed E-state index contributed by atoms with van der Waals surface area (Å²) < 4.78 is 10.7.